The molecule has 0 saturated heterocycles. The second kappa shape index (κ2) is 3.96. The maximum Gasteiger partial charge on any atom is 0.140 e. The average Bonchev–Trinajstić information content (AvgIpc) is 3.01. The van der Waals surface area contributed by atoms with Gasteiger partial charge in [-0.15, -0.1) is 0 Å². The molecule has 5 rings (SSSR count). The first-order valence-electron chi connectivity index (χ1n) is 7.86. The molecule has 112 valence electrons. The van der Waals surface area contributed by atoms with E-state index in [2.05, 4.69) is 50.2 Å². The lowest BCUT2D eigenvalue weighted by atomic mass is 9.82. The highest BCUT2D eigenvalue weighted by Gasteiger charge is 2.38. The second-order valence-corrected chi connectivity index (χ2v) is 6.82. The molecule has 0 amide bonds. The van der Waals surface area contributed by atoms with Crippen molar-refractivity contribution < 1.29 is 9.52 Å². The molecule has 0 saturated carbocycles. The lowest BCUT2D eigenvalue weighted by Crippen LogP contribution is -2.15. The number of benzene rings is 3. The third-order valence-electron chi connectivity index (χ3n) is 5.14. The SMILES string of the molecule is CC1(C)c2ccccc2-c2ccc3c(oc4cc(O)ccc43)c21. The molecule has 1 aliphatic carbocycles. The highest BCUT2D eigenvalue weighted by molar-refractivity contribution is 6.09. The van der Waals surface area contributed by atoms with E-state index in [0.29, 0.717) is 0 Å². The number of phenols is 1. The zero-order chi connectivity index (χ0) is 15.8. The molecule has 23 heavy (non-hydrogen) atoms. The van der Waals surface area contributed by atoms with Crippen LogP contribution in [0.4, 0.5) is 0 Å². The van der Waals surface area contributed by atoms with Gasteiger partial charge in [0.05, 0.1) is 0 Å². The molecule has 3 aromatic carbocycles. The Morgan fingerprint density at radius 1 is 0.870 bits per heavy atom. The van der Waals surface area contributed by atoms with Crippen LogP contribution in [-0.2, 0) is 5.41 Å². The van der Waals surface area contributed by atoms with Crippen molar-refractivity contribution in [2.75, 3.05) is 0 Å². The van der Waals surface area contributed by atoms with Crippen molar-refractivity contribution in [2.45, 2.75) is 19.3 Å². The molecule has 0 bridgehead atoms. The number of phenolic OH excluding ortho intramolecular Hbond substituents is 1. The van der Waals surface area contributed by atoms with Crippen LogP contribution in [0, 0.1) is 0 Å². The Morgan fingerprint density at radius 3 is 2.52 bits per heavy atom. The van der Waals surface area contributed by atoms with Crippen molar-refractivity contribution in [1.82, 2.24) is 0 Å². The molecule has 0 atom stereocenters. The van der Waals surface area contributed by atoms with Gasteiger partial charge in [-0.05, 0) is 34.9 Å². The number of rotatable bonds is 0. The summed E-state index contributed by atoms with van der Waals surface area (Å²) in [6.07, 6.45) is 0. The summed E-state index contributed by atoms with van der Waals surface area (Å²) in [5, 5.41) is 11.9. The van der Waals surface area contributed by atoms with Crippen LogP contribution in [0.3, 0.4) is 0 Å². The van der Waals surface area contributed by atoms with E-state index in [9.17, 15) is 5.11 Å². The van der Waals surface area contributed by atoms with Gasteiger partial charge in [0.15, 0.2) is 0 Å². The predicted octanol–water partition coefficient (Wildman–Crippen LogP) is 5.60. The van der Waals surface area contributed by atoms with Crippen LogP contribution in [-0.4, -0.2) is 5.11 Å². The van der Waals surface area contributed by atoms with Crippen molar-refractivity contribution in [3.05, 3.63) is 65.7 Å². The topological polar surface area (TPSA) is 33.4 Å². The van der Waals surface area contributed by atoms with E-state index in [-0.39, 0.29) is 11.2 Å². The van der Waals surface area contributed by atoms with Crippen molar-refractivity contribution in [3.63, 3.8) is 0 Å². The van der Waals surface area contributed by atoms with Crippen LogP contribution in [0.15, 0.2) is 59.0 Å². The predicted molar refractivity (Wildman–Crippen MR) is 92.9 cm³/mol. The van der Waals surface area contributed by atoms with Gasteiger partial charge in [0.1, 0.15) is 16.9 Å². The van der Waals surface area contributed by atoms with Gasteiger partial charge in [0.25, 0.3) is 0 Å². The van der Waals surface area contributed by atoms with Gasteiger partial charge in [0, 0.05) is 27.8 Å². The minimum atomic E-state index is -0.0959. The minimum absolute atomic E-state index is 0.0959. The molecule has 1 N–H and O–H groups in total. The van der Waals surface area contributed by atoms with Gasteiger partial charge in [-0.25, -0.2) is 0 Å². The molecular formula is C21H16O2. The highest BCUT2D eigenvalue weighted by Crippen LogP contribution is 2.52. The molecule has 1 heterocycles. The van der Waals surface area contributed by atoms with Gasteiger partial charge in [0.2, 0.25) is 0 Å². The number of aromatic hydroxyl groups is 1. The van der Waals surface area contributed by atoms with Crippen LogP contribution in [0.25, 0.3) is 33.1 Å². The number of furan rings is 1. The van der Waals surface area contributed by atoms with Crippen molar-refractivity contribution in [2.24, 2.45) is 0 Å². The Hall–Kier alpha value is -2.74. The Labute approximate surface area is 134 Å². The van der Waals surface area contributed by atoms with E-state index in [1.165, 1.54) is 22.3 Å². The van der Waals surface area contributed by atoms with Gasteiger partial charge >= 0.3 is 0 Å². The standard InChI is InChI=1S/C21H16O2/c1-21(2)17-6-4-3-5-13(17)15-9-10-16-14-8-7-12(22)11-18(14)23-20(16)19(15)21/h3-11,22H,1-2H3. The first kappa shape index (κ1) is 12.8. The molecular weight excluding hydrogens is 284 g/mol. The van der Waals surface area contributed by atoms with Crippen LogP contribution in [0.2, 0.25) is 0 Å². The minimum Gasteiger partial charge on any atom is -0.508 e. The smallest absolute Gasteiger partial charge is 0.140 e. The van der Waals surface area contributed by atoms with Gasteiger partial charge < -0.3 is 9.52 Å². The molecule has 0 spiro atoms. The van der Waals surface area contributed by atoms with E-state index < -0.39 is 0 Å². The van der Waals surface area contributed by atoms with E-state index in [4.69, 9.17) is 4.42 Å². The van der Waals surface area contributed by atoms with Crippen molar-refractivity contribution in [3.8, 4) is 16.9 Å². The van der Waals surface area contributed by atoms with Crippen LogP contribution >= 0.6 is 0 Å². The molecule has 0 aliphatic heterocycles. The average molecular weight is 300 g/mol. The molecule has 1 aromatic heterocycles. The summed E-state index contributed by atoms with van der Waals surface area (Å²) in [5.74, 6) is 0.232. The van der Waals surface area contributed by atoms with E-state index in [1.807, 2.05) is 6.07 Å². The van der Waals surface area contributed by atoms with Gasteiger partial charge in [-0.2, -0.15) is 0 Å². The Morgan fingerprint density at radius 2 is 1.65 bits per heavy atom. The summed E-state index contributed by atoms with van der Waals surface area (Å²) in [6.45, 7) is 4.50. The molecule has 4 aromatic rings. The zero-order valence-corrected chi connectivity index (χ0v) is 13.1. The fourth-order valence-electron chi connectivity index (χ4n) is 4.07. The molecule has 0 unspecified atom stereocenters. The molecule has 1 aliphatic rings. The first-order chi connectivity index (χ1) is 11.1. The van der Waals surface area contributed by atoms with Crippen molar-refractivity contribution in [1.29, 1.82) is 0 Å². The number of hydrogen-bond donors (Lipinski definition) is 1. The maximum absolute atomic E-state index is 9.73. The van der Waals surface area contributed by atoms with Crippen LogP contribution in [0.5, 0.6) is 5.75 Å². The number of fused-ring (bicyclic) bond motifs is 7. The maximum atomic E-state index is 9.73. The van der Waals surface area contributed by atoms with E-state index >= 15 is 0 Å². The third kappa shape index (κ3) is 1.48. The summed E-state index contributed by atoms with van der Waals surface area (Å²) in [7, 11) is 0. The van der Waals surface area contributed by atoms with Gasteiger partial charge in [-0.3, -0.25) is 0 Å². The van der Waals surface area contributed by atoms with Crippen LogP contribution < -0.4 is 0 Å². The lowest BCUT2D eigenvalue weighted by Gasteiger charge is -2.21. The summed E-state index contributed by atoms with van der Waals surface area (Å²) in [5.41, 5.74) is 6.70. The van der Waals surface area contributed by atoms with E-state index in [0.717, 1.165) is 21.9 Å². The number of hydrogen-bond acceptors (Lipinski definition) is 2. The Balaban J connectivity index is 1.97. The monoisotopic (exact) mass is 300 g/mol. The first-order valence-corrected chi connectivity index (χ1v) is 7.86. The van der Waals surface area contributed by atoms with E-state index in [1.54, 1.807) is 12.1 Å². The lowest BCUT2D eigenvalue weighted by molar-refractivity contribution is 0.475. The van der Waals surface area contributed by atoms with Gasteiger partial charge in [-0.1, -0.05) is 44.2 Å². The van der Waals surface area contributed by atoms with Crippen LogP contribution in [0.1, 0.15) is 25.0 Å². The summed E-state index contributed by atoms with van der Waals surface area (Å²) < 4.78 is 6.18. The third-order valence-corrected chi connectivity index (χ3v) is 5.14. The highest BCUT2D eigenvalue weighted by atomic mass is 16.3. The Kier molecular flexibility index (Phi) is 2.20. The fourth-order valence-corrected chi connectivity index (χ4v) is 4.07. The normalized spacial score (nSPS) is 15.0. The molecule has 2 nitrogen and oxygen atoms in total. The molecule has 0 radical (unpaired) electrons. The molecule has 2 heteroatoms. The molecule has 0 fully saturated rings. The summed E-state index contributed by atoms with van der Waals surface area (Å²) >= 11 is 0. The Bertz CT molecular complexity index is 1100. The van der Waals surface area contributed by atoms with Crippen molar-refractivity contribution >= 4 is 21.9 Å². The largest absolute Gasteiger partial charge is 0.508 e. The zero-order valence-electron chi connectivity index (χ0n) is 13.1. The fraction of sp³-hybridized carbons (Fsp3) is 0.143. The summed E-state index contributed by atoms with van der Waals surface area (Å²) in [6, 6.07) is 18.2. The summed E-state index contributed by atoms with van der Waals surface area (Å²) in [4.78, 5) is 0. The quantitative estimate of drug-likeness (QED) is 0.458. The second-order valence-electron chi connectivity index (χ2n) is 6.82.